The average molecular weight is 367 g/mol. The summed E-state index contributed by atoms with van der Waals surface area (Å²) in [5.74, 6) is -0.836. The summed E-state index contributed by atoms with van der Waals surface area (Å²) in [4.78, 5) is 34.9. The molecule has 0 aromatic rings. The minimum absolute atomic E-state index is 0.0106. The minimum atomic E-state index is -0.958. The number of carbonyl (C=O) groups is 3. The van der Waals surface area contributed by atoms with Crippen molar-refractivity contribution in [1.29, 1.82) is 0 Å². The maximum absolute atomic E-state index is 12.2. The molecule has 0 heterocycles. The van der Waals surface area contributed by atoms with E-state index in [2.05, 4.69) is 18.3 Å². The zero-order valence-electron chi connectivity index (χ0n) is 15.9. The van der Waals surface area contributed by atoms with Gasteiger partial charge in [0.25, 0.3) is 6.29 Å². The van der Waals surface area contributed by atoms with Gasteiger partial charge in [0.1, 0.15) is 0 Å². The Hall–Kier alpha value is -2.05. The third kappa shape index (κ3) is 4.56. The van der Waals surface area contributed by atoms with Gasteiger partial charge >= 0.3 is 18.0 Å². The van der Waals surface area contributed by atoms with Gasteiger partial charge in [0.2, 0.25) is 0 Å². The number of nitrogens with one attached hydrogen (secondary N) is 1. The van der Waals surface area contributed by atoms with Gasteiger partial charge in [0.15, 0.2) is 0 Å². The molecule has 0 saturated heterocycles. The molecule has 0 aromatic heterocycles. The molecule has 2 aliphatic rings. The number of carboxylic acid groups (broad SMARTS) is 1. The van der Waals surface area contributed by atoms with E-state index >= 15 is 0 Å². The molecule has 2 aliphatic carbocycles. The second kappa shape index (κ2) is 8.10. The Bertz CT molecular complexity index is 599. The van der Waals surface area contributed by atoms with Gasteiger partial charge in [-0.2, -0.15) is 0 Å². The lowest BCUT2D eigenvalue weighted by atomic mass is 9.53. The van der Waals surface area contributed by atoms with Gasteiger partial charge in [-0.15, -0.1) is 0 Å². The molecule has 26 heavy (non-hydrogen) atoms. The molecule has 1 amide bonds. The molecule has 1 fully saturated rings. The Morgan fingerprint density at radius 2 is 2.04 bits per heavy atom. The highest BCUT2D eigenvalue weighted by Gasteiger charge is 2.55. The molecule has 2 N–H and O–H groups in total. The van der Waals surface area contributed by atoms with E-state index in [9.17, 15) is 19.5 Å². The Kier molecular flexibility index (Phi) is 6.31. The molecule has 4 atom stereocenters. The van der Waals surface area contributed by atoms with Crippen molar-refractivity contribution in [2.24, 2.45) is 23.2 Å². The van der Waals surface area contributed by atoms with Gasteiger partial charge < -0.3 is 19.9 Å². The van der Waals surface area contributed by atoms with E-state index in [0.717, 1.165) is 12.8 Å². The number of carboxylic acids is 1. The fraction of sp³-hybridized carbons (Fsp3) is 0.737. The van der Waals surface area contributed by atoms with Gasteiger partial charge in [-0.1, -0.05) is 32.4 Å². The monoisotopic (exact) mass is 367 g/mol. The Morgan fingerprint density at radius 3 is 2.58 bits per heavy atom. The van der Waals surface area contributed by atoms with E-state index in [4.69, 9.17) is 9.47 Å². The quantitative estimate of drug-likeness (QED) is 0.388. The van der Waals surface area contributed by atoms with E-state index in [1.165, 1.54) is 5.57 Å². The first-order valence-electron chi connectivity index (χ1n) is 9.20. The van der Waals surface area contributed by atoms with E-state index in [1.807, 2.05) is 0 Å². The van der Waals surface area contributed by atoms with Crippen molar-refractivity contribution in [1.82, 2.24) is 5.32 Å². The summed E-state index contributed by atoms with van der Waals surface area (Å²) >= 11 is 0. The summed E-state index contributed by atoms with van der Waals surface area (Å²) < 4.78 is 10.4. The molecule has 7 nitrogen and oxygen atoms in total. The molecule has 0 radical (unpaired) electrons. The van der Waals surface area contributed by atoms with E-state index in [-0.39, 0.29) is 31.2 Å². The predicted octanol–water partition coefficient (Wildman–Crippen LogP) is 3.10. The second-order valence-corrected chi connectivity index (χ2v) is 7.85. The first-order valence-corrected chi connectivity index (χ1v) is 9.20. The van der Waals surface area contributed by atoms with Crippen LogP contribution in [-0.2, 0) is 19.1 Å². The molecular formula is C19H29NO6. The number of esters is 1. The SMILES string of the molecule is CCC(=O)O[C@@H](OC(=O)NC[C@@]1(CC(=O)O)C[C@@H]2CC(C)=C[C@@H]21)C(C)C. The maximum atomic E-state index is 12.2. The molecule has 2 rings (SSSR count). The van der Waals surface area contributed by atoms with E-state index in [0.29, 0.717) is 5.92 Å². The first kappa shape index (κ1) is 20.3. The van der Waals surface area contributed by atoms with Crippen LogP contribution in [0.3, 0.4) is 0 Å². The summed E-state index contributed by atoms with van der Waals surface area (Å²) in [7, 11) is 0. The predicted molar refractivity (Wildman–Crippen MR) is 94.1 cm³/mol. The lowest BCUT2D eigenvalue weighted by Crippen LogP contribution is -2.53. The normalized spacial score (nSPS) is 27.8. The lowest BCUT2D eigenvalue weighted by Gasteiger charge is -2.51. The maximum Gasteiger partial charge on any atom is 0.410 e. The zero-order chi connectivity index (χ0) is 19.5. The second-order valence-electron chi connectivity index (χ2n) is 7.85. The van der Waals surface area contributed by atoms with Crippen LogP contribution in [0.2, 0.25) is 0 Å². The van der Waals surface area contributed by atoms with Crippen molar-refractivity contribution < 1.29 is 29.0 Å². The zero-order valence-corrected chi connectivity index (χ0v) is 15.9. The van der Waals surface area contributed by atoms with Crippen LogP contribution in [0.25, 0.3) is 0 Å². The number of carbonyl (C=O) groups excluding carboxylic acids is 2. The van der Waals surface area contributed by atoms with Gasteiger partial charge in [0, 0.05) is 24.3 Å². The van der Waals surface area contributed by atoms with Gasteiger partial charge in [-0.25, -0.2) is 4.79 Å². The minimum Gasteiger partial charge on any atom is -0.481 e. The third-order valence-electron chi connectivity index (χ3n) is 5.32. The number of hydrogen-bond donors (Lipinski definition) is 2. The number of aliphatic carboxylic acids is 1. The fourth-order valence-electron chi connectivity index (χ4n) is 4.07. The van der Waals surface area contributed by atoms with Crippen LogP contribution in [0.4, 0.5) is 4.79 Å². The Morgan fingerprint density at radius 1 is 1.35 bits per heavy atom. The van der Waals surface area contributed by atoms with Crippen molar-refractivity contribution in [3.63, 3.8) is 0 Å². The molecule has 0 spiro atoms. The highest BCUT2D eigenvalue weighted by Crippen LogP contribution is 2.59. The number of ether oxygens (including phenoxy) is 2. The summed E-state index contributed by atoms with van der Waals surface area (Å²) in [5.41, 5.74) is 0.807. The Labute approximate surface area is 154 Å². The molecule has 0 aromatic carbocycles. The molecule has 0 bridgehead atoms. The number of fused-ring (bicyclic) bond motifs is 1. The van der Waals surface area contributed by atoms with Gasteiger partial charge in [-0.3, -0.25) is 9.59 Å². The van der Waals surface area contributed by atoms with Crippen LogP contribution in [0, 0.1) is 23.2 Å². The summed E-state index contributed by atoms with van der Waals surface area (Å²) in [5, 5.41) is 12.0. The van der Waals surface area contributed by atoms with Crippen LogP contribution in [-0.4, -0.2) is 36.0 Å². The molecule has 7 heteroatoms. The standard InChI is InChI=1S/C19H29NO6/c1-5-16(23)25-17(11(2)3)26-18(24)20-10-19(9-15(21)22)8-13-6-12(4)7-14(13)19/h7,11,13-14,17H,5-6,8-10H2,1-4H3,(H,20,24)(H,21,22)/t13-,14-,17-,19-/m0/s1. The van der Waals surface area contributed by atoms with Crippen molar-refractivity contribution in [3.8, 4) is 0 Å². The van der Waals surface area contributed by atoms with Crippen LogP contribution >= 0.6 is 0 Å². The molecule has 146 valence electrons. The number of alkyl carbamates (subject to hydrolysis) is 1. The van der Waals surface area contributed by atoms with Crippen LogP contribution in [0.1, 0.15) is 53.4 Å². The topological polar surface area (TPSA) is 102 Å². The number of rotatable bonds is 8. The summed E-state index contributed by atoms with van der Waals surface area (Å²) in [6.45, 7) is 7.53. The number of allylic oxidation sites excluding steroid dienone is 2. The summed E-state index contributed by atoms with van der Waals surface area (Å²) in [6.07, 6.45) is 2.47. The number of amides is 1. The van der Waals surface area contributed by atoms with E-state index in [1.54, 1.807) is 20.8 Å². The van der Waals surface area contributed by atoms with Crippen LogP contribution < -0.4 is 5.32 Å². The highest BCUT2D eigenvalue weighted by molar-refractivity contribution is 5.71. The van der Waals surface area contributed by atoms with Crippen LogP contribution in [0.5, 0.6) is 0 Å². The Balaban J connectivity index is 1.95. The van der Waals surface area contributed by atoms with Crippen molar-refractivity contribution >= 4 is 18.0 Å². The highest BCUT2D eigenvalue weighted by atomic mass is 16.7. The largest absolute Gasteiger partial charge is 0.481 e. The van der Waals surface area contributed by atoms with Crippen molar-refractivity contribution in [2.75, 3.05) is 6.54 Å². The number of hydrogen-bond acceptors (Lipinski definition) is 5. The van der Waals surface area contributed by atoms with E-state index < -0.39 is 29.7 Å². The molecule has 1 saturated carbocycles. The lowest BCUT2D eigenvalue weighted by molar-refractivity contribution is -0.174. The molecule has 0 unspecified atom stereocenters. The molecule has 0 aliphatic heterocycles. The van der Waals surface area contributed by atoms with Crippen molar-refractivity contribution in [3.05, 3.63) is 11.6 Å². The molecular weight excluding hydrogens is 338 g/mol. The third-order valence-corrected chi connectivity index (χ3v) is 5.32. The smallest absolute Gasteiger partial charge is 0.410 e. The average Bonchev–Trinajstić information content (AvgIpc) is 2.86. The first-order chi connectivity index (χ1) is 12.2. The van der Waals surface area contributed by atoms with Gasteiger partial charge in [0.05, 0.1) is 6.42 Å². The van der Waals surface area contributed by atoms with Gasteiger partial charge in [-0.05, 0) is 31.6 Å². The van der Waals surface area contributed by atoms with Crippen LogP contribution in [0.15, 0.2) is 11.6 Å². The van der Waals surface area contributed by atoms with Crippen molar-refractivity contribution in [2.45, 2.75) is 59.7 Å². The fourth-order valence-corrected chi connectivity index (χ4v) is 4.07. The summed E-state index contributed by atoms with van der Waals surface area (Å²) in [6, 6.07) is 0.